The molecule has 0 rings (SSSR count). The van der Waals surface area contributed by atoms with E-state index in [1.165, 1.54) is 19.3 Å². The molecule has 0 radical (unpaired) electrons. The molecule has 1 unspecified atom stereocenters. The minimum absolute atomic E-state index is 0.535. The smallest absolute Gasteiger partial charge is 0.0701 e. The summed E-state index contributed by atoms with van der Waals surface area (Å²) in [5.74, 6) is 0. The van der Waals surface area contributed by atoms with Gasteiger partial charge in [-0.25, -0.2) is 0 Å². The van der Waals surface area contributed by atoms with Crippen LogP contribution in [0, 0.1) is 0 Å². The van der Waals surface area contributed by atoms with Gasteiger partial charge < -0.3 is 48.5 Å². The van der Waals surface area contributed by atoms with E-state index in [1.54, 1.807) is 7.11 Å². The molecule has 10 nitrogen and oxygen atoms in total. The van der Waals surface area contributed by atoms with Gasteiger partial charge in [0.05, 0.1) is 99.1 Å². The van der Waals surface area contributed by atoms with Crippen LogP contribution in [0.2, 0.25) is 0 Å². The highest BCUT2D eigenvalue weighted by Crippen LogP contribution is 1.99. The number of unbranched alkanes of at least 4 members (excludes halogenated alkanes) is 1. The average Bonchev–Trinajstić information content (AvgIpc) is 2.84. The minimum Gasteiger partial charge on any atom is -0.382 e. The fourth-order valence-corrected chi connectivity index (χ4v) is 2.80. The first-order chi connectivity index (χ1) is 16.8. The Hall–Kier alpha value is -0.400. The first-order valence-corrected chi connectivity index (χ1v) is 12.7. The van der Waals surface area contributed by atoms with Gasteiger partial charge in [0.1, 0.15) is 0 Å². The zero-order valence-electron chi connectivity index (χ0n) is 22.0. The van der Waals surface area contributed by atoms with Crippen LogP contribution in [0.1, 0.15) is 26.2 Å². The lowest BCUT2D eigenvalue weighted by Crippen LogP contribution is -2.29. The maximum Gasteiger partial charge on any atom is 0.0701 e. The molecule has 0 heterocycles. The average molecular weight is 497 g/mol. The van der Waals surface area contributed by atoms with E-state index in [0.29, 0.717) is 105 Å². The van der Waals surface area contributed by atoms with Crippen molar-refractivity contribution in [2.24, 2.45) is 0 Å². The molecule has 1 atom stereocenters. The second kappa shape index (κ2) is 30.6. The Morgan fingerprint density at radius 2 is 0.882 bits per heavy atom. The lowest BCUT2D eigenvalue weighted by molar-refractivity contribution is -0.0220. The van der Waals surface area contributed by atoms with Crippen LogP contribution >= 0.6 is 0 Å². The van der Waals surface area contributed by atoms with E-state index in [4.69, 9.17) is 37.9 Å². The van der Waals surface area contributed by atoms with Crippen LogP contribution in [-0.2, 0) is 37.9 Å². The van der Waals surface area contributed by atoms with Crippen LogP contribution in [0.3, 0.4) is 0 Å². The fourth-order valence-electron chi connectivity index (χ4n) is 2.80. The van der Waals surface area contributed by atoms with Crippen molar-refractivity contribution in [1.82, 2.24) is 10.6 Å². The molecule has 0 fully saturated rings. The molecule has 0 bridgehead atoms. The quantitative estimate of drug-likeness (QED) is 0.141. The van der Waals surface area contributed by atoms with Crippen LogP contribution in [0.15, 0.2) is 0 Å². The molecule has 0 saturated heterocycles. The molecule has 0 aromatic carbocycles. The molecule has 2 N–H and O–H groups in total. The Morgan fingerprint density at radius 3 is 1.26 bits per heavy atom. The topological polar surface area (TPSA) is 97.9 Å². The Kier molecular flexibility index (Phi) is 30.3. The predicted octanol–water partition coefficient (Wildman–Crippen LogP) is 1.12. The molecule has 10 heteroatoms. The van der Waals surface area contributed by atoms with E-state index in [0.717, 1.165) is 13.1 Å². The standard InChI is InChI=1S/C24H52N2O8/c1-24(6-4-5-7-25-2)26-8-9-28-12-13-30-16-17-32-20-21-34-23-22-33-19-18-31-15-14-29-11-10-27-3/h24-26H,4-23H2,1-3H3. The number of hydrogen-bond donors (Lipinski definition) is 2. The molecular weight excluding hydrogens is 444 g/mol. The third-order valence-electron chi connectivity index (χ3n) is 4.72. The van der Waals surface area contributed by atoms with Gasteiger partial charge in [-0.1, -0.05) is 6.42 Å². The van der Waals surface area contributed by atoms with Gasteiger partial charge >= 0.3 is 0 Å². The summed E-state index contributed by atoms with van der Waals surface area (Å²) in [5, 5.41) is 6.66. The van der Waals surface area contributed by atoms with Crippen LogP contribution in [0.4, 0.5) is 0 Å². The number of hydrogen-bond acceptors (Lipinski definition) is 10. The van der Waals surface area contributed by atoms with Gasteiger partial charge in [0.25, 0.3) is 0 Å². The highest BCUT2D eigenvalue weighted by atomic mass is 16.6. The highest BCUT2D eigenvalue weighted by Gasteiger charge is 2.00. The van der Waals surface area contributed by atoms with Gasteiger partial charge in [0.15, 0.2) is 0 Å². The molecule has 0 spiro atoms. The summed E-state index contributed by atoms with van der Waals surface area (Å²) in [6.45, 7) is 12.8. The summed E-state index contributed by atoms with van der Waals surface area (Å²) < 4.78 is 43.0. The molecule has 206 valence electrons. The second-order valence-electron chi connectivity index (χ2n) is 7.73. The minimum atomic E-state index is 0.535. The van der Waals surface area contributed by atoms with Gasteiger partial charge in [0.2, 0.25) is 0 Å². The normalized spacial score (nSPS) is 12.4. The van der Waals surface area contributed by atoms with E-state index in [1.807, 2.05) is 7.05 Å². The van der Waals surface area contributed by atoms with Crippen molar-refractivity contribution in [3.63, 3.8) is 0 Å². The van der Waals surface area contributed by atoms with Crippen LogP contribution < -0.4 is 10.6 Å². The molecule has 0 aliphatic rings. The zero-order chi connectivity index (χ0) is 24.8. The second-order valence-corrected chi connectivity index (χ2v) is 7.73. The van der Waals surface area contributed by atoms with Crippen molar-refractivity contribution in [1.29, 1.82) is 0 Å². The summed E-state index contributed by atoms with van der Waals surface area (Å²) in [6, 6.07) is 0.535. The van der Waals surface area contributed by atoms with Crippen molar-refractivity contribution >= 4 is 0 Å². The predicted molar refractivity (Wildman–Crippen MR) is 133 cm³/mol. The number of rotatable bonds is 30. The largest absolute Gasteiger partial charge is 0.382 e. The first kappa shape index (κ1) is 33.6. The van der Waals surface area contributed by atoms with Crippen molar-refractivity contribution < 1.29 is 37.9 Å². The van der Waals surface area contributed by atoms with Gasteiger partial charge in [-0.05, 0) is 33.4 Å². The Bertz CT molecular complexity index is 370. The number of ether oxygens (including phenoxy) is 8. The van der Waals surface area contributed by atoms with Gasteiger partial charge in [-0.3, -0.25) is 0 Å². The molecule has 0 aromatic heterocycles. The third-order valence-corrected chi connectivity index (χ3v) is 4.72. The van der Waals surface area contributed by atoms with Crippen LogP contribution in [0.5, 0.6) is 0 Å². The monoisotopic (exact) mass is 496 g/mol. The van der Waals surface area contributed by atoms with E-state index in [2.05, 4.69) is 17.6 Å². The van der Waals surface area contributed by atoms with Crippen molar-refractivity contribution in [2.75, 3.05) is 126 Å². The molecule has 34 heavy (non-hydrogen) atoms. The van der Waals surface area contributed by atoms with Crippen molar-refractivity contribution in [3.05, 3.63) is 0 Å². The third kappa shape index (κ3) is 29.6. The van der Waals surface area contributed by atoms with Crippen LogP contribution in [0.25, 0.3) is 0 Å². The summed E-state index contributed by atoms with van der Waals surface area (Å²) in [5.41, 5.74) is 0. The van der Waals surface area contributed by atoms with Gasteiger partial charge in [-0.15, -0.1) is 0 Å². The molecule has 0 amide bonds. The lowest BCUT2D eigenvalue weighted by Gasteiger charge is -2.13. The Balaban J connectivity index is 3.06. The molecule has 0 aliphatic carbocycles. The molecule has 0 aliphatic heterocycles. The summed E-state index contributed by atoms with van der Waals surface area (Å²) in [6.07, 6.45) is 3.67. The van der Waals surface area contributed by atoms with E-state index in [9.17, 15) is 0 Å². The molecule has 0 aromatic rings. The maximum atomic E-state index is 5.58. The number of methoxy groups -OCH3 is 1. The Labute approximate surface area is 207 Å². The van der Waals surface area contributed by atoms with Crippen molar-refractivity contribution in [2.45, 2.75) is 32.2 Å². The van der Waals surface area contributed by atoms with Crippen LogP contribution in [-0.4, -0.2) is 132 Å². The summed E-state index contributed by atoms with van der Waals surface area (Å²) in [7, 11) is 3.65. The SMILES string of the molecule is CNCCCCC(C)NCCOCCOCCOCCOCCOCCOCCOCCOC. The summed E-state index contributed by atoms with van der Waals surface area (Å²) in [4.78, 5) is 0. The summed E-state index contributed by atoms with van der Waals surface area (Å²) >= 11 is 0. The lowest BCUT2D eigenvalue weighted by atomic mass is 10.1. The fraction of sp³-hybridized carbons (Fsp3) is 1.00. The zero-order valence-corrected chi connectivity index (χ0v) is 22.0. The van der Waals surface area contributed by atoms with E-state index >= 15 is 0 Å². The highest BCUT2D eigenvalue weighted by molar-refractivity contribution is 4.60. The van der Waals surface area contributed by atoms with Gasteiger partial charge in [-0.2, -0.15) is 0 Å². The number of nitrogens with one attached hydrogen (secondary N) is 2. The molecule has 0 saturated carbocycles. The molecular formula is C24H52N2O8. The maximum absolute atomic E-state index is 5.58. The Morgan fingerprint density at radius 1 is 0.500 bits per heavy atom. The van der Waals surface area contributed by atoms with Crippen molar-refractivity contribution in [3.8, 4) is 0 Å². The van der Waals surface area contributed by atoms with E-state index < -0.39 is 0 Å². The van der Waals surface area contributed by atoms with E-state index in [-0.39, 0.29) is 0 Å². The van der Waals surface area contributed by atoms with Gasteiger partial charge in [0, 0.05) is 19.7 Å². The first-order valence-electron chi connectivity index (χ1n) is 12.7.